The van der Waals surface area contributed by atoms with Crippen LogP contribution >= 0.6 is 11.6 Å². The van der Waals surface area contributed by atoms with Crippen molar-refractivity contribution in [2.45, 2.75) is 6.92 Å². The van der Waals surface area contributed by atoms with Gasteiger partial charge in [0.25, 0.3) is 5.91 Å². The van der Waals surface area contributed by atoms with E-state index in [2.05, 4.69) is 37.6 Å². The zero-order valence-corrected chi connectivity index (χ0v) is 17.7. The summed E-state index contributed by atoms with van der Waals surface area (Å²) < 4.78 is 0. The van der Waals surface area contributed by atoms with Crippen LogP contribution in [0.25, 0.3) is 0 Å². The van der Waals surface area contributed by atoms with Crippen molar-refractivity contribution in [2.24, 2.45) is 4.99 Å². The van der Waals surface area contributed by atoms with E-state index in [4.69, 9.17) is 11.6 Å². The number of piperazine rings is 1. The standard InChI is InChI=1S/C21H22ClN7O2/c1-14(27-17-5-3-16(22)4-6-17)18(7-8-23-2)28-20(31)15-11-25-21(26-12-15)29-10-9-24-19(30)13-29/h3-8,11-12,27H,2,9-10,13H2,1H3,(H,24,30)(H,28,31)/b8-7-,18-14-. The molecule has 0 saturated carbocycles. The molecule has 3 N–H and O–H groups in total. The molecule has 3 rings (SSSR count). The average Bonchev–Trinajstić information content (AvgIpc) is 2.78. The fraction of sp³-hybridized carbons (Fsp3) is 0.190. The summed E-state index contributed by atoms with van der Waals surface area (Å²) in [5.74, 6) is -0.0693. The number of nitrogens with zero attached hydrogens (tertiary/aromatic N) is 4. The number of hydrogen-bond donors (Lipinski definition) is 3. The van der Waals surface area contributed by atoms with Crippen molar-refractivity contribution in [1.29, 1.82) is 0 Å². The second-order valence-corrected chi connectivity index (χ2v) is 7.10. The van der Waals surface area contributed by atoms with E-state index in [0.29, 0.717) is 35.5 Å². The zero-order valence-electron chi connectivity index (χ0n) is 16.9. The van der Waals surface area contributed by atoms with E-state index < -0.39 is 0 Å². The quantitative estimate of drug-likeness (QED) is 0.451. The number of amides is 2. The first-order chi connectivity index (χ1) is 15.0. The van der Waals surface area contributed by atoms with Crippen molar-refractivity contribution < 1.29 is 9.59 Å². The lowest BCUT2D eigenvalue weighted by Gasteiger charge is -2.26. The first-order valence-electron chi connectivity index (χ1n) is 9.47. The predicted molar refractivity (Wildman–Crippen MR) is 121 cm³/mol. The molecule has 0 unspecified atom stereocenters. The normalized spacial score (nSPS) is 14.6. The van der Waals surface area contributed by atoms with Gasteiger partial charge in [0.2, 0.25) is 11.9 Å². The van der Waals surface area contributed by atoms with Crippen molar-refractivity contribution >= 4 is 41.8 Å². The van der Waals surface area contributed by atoms with Crippen LogP contribution in [-0.2, 0) is 4.79 Å². The summed E-state index contributed by atoms with van der Waals surface area (Å²) >= 11 is 5.92. The van der Waals surface area contributed by atoms with Crippen LogP contribution in [0, 0.1) is 0 Å². The molecule has 0 spiro atoms. The molecule has 2 amide bonds. The molecule has 0 bridgehead atoms. The second kappa shape index (κ2) is 10.4. The SMILES string of the molecule is C=N/C=C\C(NC(=O)c1cnc(N2CCNC(=O)C2)nc1)=C(/C)Nc1ccc(Cl)cc1. The maximum absolute atomic E-state index is 12.7. The fourth-order valence-corrected chi connectivity index (χ4v) is 2.94. The molecule has 2 heterocycles. The van der Waals surface area contributed by atoms with E-state index in [9.17, 15) is 9.59 Å². The number of aromatic nitrogens is 2. The van der Waals surface area contributed by atoms with Gasteiger partial charge in [0.1, 0.15) is 0 Å². The topological polar surface area (TPSA) is 112 Å². The summed E-state index contributed by atoms with van der Waals surface area (Å²) in [6.45, 7) is 6.57. The van der Waals surface area contributed by atoms with Gasteiger partial charge in [0, 0.05) is 48.1 Å². The molecular weight excluding hydrogens is 418 g/mol. The van der Waals surface area contributed by atoms with Gasteiger partial charge in [-0.2, -0.15) is 0 Å². The van der Waals surface area contributed by atoms with Crippen molar-refractivity contribution in [1.82, 2.24) is 20.6 Å². The van der Waals surface area contributed by atoms with Gasteiger partial charge in [0.05, 0.1) is 17.8 Å². The lowest BCUT2D eigenvalue weighted by atomic mass is 10.2. The number of carbonyl (C=O) groups is 2. The Hall–Kier alpha value is -3.72. The van der Waals surface area contributed by atoms with Crippen LogP contribution in [0.5, 0.6) is 0 Å². The number of carbonyl (C=O) groups excluding carboxylic acids is 2. The highest BCUT2D eigenvalue weighted by Crippen LogP contribution is 2.17. The van der Waals surface area contributed by atoms with Gasteiger partial charge >= 0.3 is 0 Å². The third kappa shape index (κ3) is 6.13. The lowest BCUT2D eigenvalue weighted by molar-refractivity contribution is -0.120. The Morgan fingerprint density at radius 1 is 1.29 bits per heavy atom. The smallest absolute Gasteiger partial charge is 0.258 e. The molecule has 10 heteroatoms. The molecule has 1 saturated heterocycles. The van der Waals surface area contributed by atoms with Crippen LogP contribution in [-0.4, -0.2) is 48.1 Å². The molecule has 0 aliphatic carbocycles. The van der Waals surface area contributed by atoms with Crippen molar-refractivity contribution in [2.75, 3.05) is 29.9 Å². The summed E-state index contributed by atoms with van der Waals surface area (Å²) in [6.07, 6.45) is 5.97. The van der Waals surface area contributed by atoms with Crippen LogP contribution in [0.15, 0.2) is 65.3 Å². The van der Waals surface area contributed by atoms with E-state index >= 15 is 0 Å². The largest absolute Gasteiger partial charge is 0.357 e. The van der Waals surface area contributed by atoms with E-state index in [0.717, 1.165) is 5.69 Å². The highest BCUT2D eigenvalue weighted by molar-refractivity contribution is 6.30. The summed E-state index contributed by atoms with van der Waals surface area (Å²) in [6, 6.07) is 7.19. The number of aliphatic imine (C=N–C) groups is 1. The molecule has 0 radical (unpaired) electrons. The Balaban J connectivity index is 1.73. The number of rotatable bonds is 7. The van der Waals surface area contributed by atoms with Gasteiger partial charge < -0.3 is 20.9 Å². The van der Waals surface area contributed by atoms with Crippen LogP contribution in [0.3, 0.4) is 0 Å². The zero-order chi connectivity index (χ0) is 22.2. The van der Waals surface area contributed by atoms with Gasteiger partial charge in [-0.3, -0.25) is 14.6 Å². The molecule has 1 fully saturated rings. The fourth-order valence-electron chi connectivity index (χ4n) is 2.81. The van der Waals surface area contributed by atoms with Crippen molar-refractivity contribution in [3.63, 3.8) is 0 Å². The average molecular weight is 440 g/mol. The van der Waals surface area contributed by atoms with Crippen LogP contribution in [0.2, 0.25) is 5.02 Å². The molecule has 160 valence electrons. The summed E-state index contributed by atoms with van der Waals surface area (Å²) in [5, 5.41) is 9.41. The molecule has 1 aliphatic rings. The third-order valence-corrected chi connectivity index (χ3v) is 4.65. The summed E-state index contributed by atoms with van der Waals surface area (Å²) in [4.78, 5) is 38.2. The summed E-state index contributed by atoms with van der Waals surface area (Å²) in [7, 11) is 0. The number of halogens is 1. The monoisotopic (exact) mass is 439 g/mol. The Morgan fingerprint density at radius 3 is 2.65 bits per heavy atom. The minimum absolute atomic E-state index is 0.0854. The van der Waals surface area contributed by atoms with Gasteiger partial charge in [-0.05, 0) is 44.0 Å². The van der Waals surface area contributed by atoms with Crippen LogP contribution in [0.4, 0.5) is 11.6 Å². The Morgan fingerprint density at radius 2 is 2.00 bits per heavy atom. The molecule has 31 heavy (non-hydrogen) atoms. The van der Waals surface area contributed by atoms with E-state index in [1.165, 1.54) is 18.6 Å². The molecule has 2 aromatic rings. The molecular formula is C21H22ClN7O2. The second-order valence-electron chi connectivity index (χ2n) is 6.67. The Bertz CT molecular complexity index is 1020. The van der Waals surface area contributed by atoms with E-state index in [1.54, 1.807) is 23.1 Å². The number of hydrogen-bond acceptors (Lipinski definition) is 7. The third-order valence-electron chi connectivity index (χ3n) is 4.40. The van der Waals surface area contributed by atoms with Crippen molar-refractivity contribution in [3.8, 4) is 0 Å². The molecule has 1 aromatic heterocycles. The molecule has 1 aliphatic heterocycles. The highest BCUT2D eigenvalue weighted by atomic mass is 35.5. The highest BCUT2D eigenvalue weighted by Gasteiger charge is 2.19. The van der Waals surface area contributed by atoms with Crippen molar-refractivity contribution in [3.05, 3.63) is 70.9 Å². The predicted octanol–water partition coefficient (Wildman–Crippen LogP) is 2.35. The van der Waals surface area contributed by atoms with Gasteiger partial charge in [0.15, 0.2) is 0 Å². The number of nitrogens with one attached hydrogen (secondary N) is 3. The first-order valence-corrected chi connectivity index (χ1v) is 9.85. The van der Waals surface area contributed by atoms with Crippen LogP contribution in [0.1, 0.15) is 17.3 Å². The molecule has 1 aromatic carbocycles. The number of benzene rings is 1. The minimum Gasteiger partial charge on any atom is -0.357 e. The Labute approximate surface area is 184 Å². The van der Waals surface area contributed by atoms with Gasteiger partial charge in [-0.25, -0.2) is 9.97 Å². The first kappa shape index (κ1) is 22.0. The summed E-state index contributed by atoms with van der Waals surface area (Å²) in [5.41, 5.74) is 2.28. The lowest BCUT2D eigenvalue weighted by Crippen LogP contribution is -2.48. The maximum atomic E-state index is 12.7. The minimum atomic E-state index is -0.385. The van der Waals surface area contributed by atoms with E-state index in [1.807, 2.05) is 19.1 Å². The van der Waals surface area contributed by atoms with Crippen LogP contribution < -0.4 is 20.9 Å². The van der Waals surface area contributed by atoms with Gasteiger partial charge in [-0.15, -0.1) is 0 Å². The van der Waals surface area contributed by atoms with E-state index in [-0.39, 0.29) is 23.9 Å². The number of allylic oxidation sites excluding steroid dienone is 2. The van der Waals surface area contributed by atoms with Gasteiger partial charge in [-0.1, -0.05) is 11.6 Å². The Kier molecular flexibility index (Phi) is 7.34. The molecule has 9 nitrogen and oxygen atoms in total. The number of anilines is 2. The molecule has 0 atom stereocenters. The maximum Gasteiger partial charge on any atom is 0.258 e.